The molecule has 1 aromatic carbocycles. The summed E-state index contributed by atoms with van der Waals surface area (Å²) in [5.74, 6) is 0.327. The number of aryl methyl sites for hydroxylation is 1. The van der Waals surface area contributed by atoms with Crippen LogP contribution in [0.2, 0.25) is 0 Å². The van der Waals surface area contributed by atoms with Crippen molar-refractivity contribution in [3.8, 4) is 0 Å². The molecule has 2 aromatic heterocycles. The van der Waals surface area contributed by atoms with Gasteiger partial charge >= 0.3 is 0 Å². The minimum Gasteiger partial charge on any atom is -0.353 e. The molecule has 0 radical (unpaired) electrons. The Balaban J connectivity index is 1.46. The SMILES string of the molecule is CC(CCc1ccccc1)NC(=O)CSc1ncnc2nc[nH]c12. The van der Waals surface area contributed by atoms with E-state index in [1.54, 1.807) is 6.33 Å². The van der Waals surface area contributed by atoms with Gasteiger partial charge in [0, 0.05) is 6.04 Å². The van der Waals surface area contributed by atoms with E-state index >= 15 is 0 Å². The molecule has 2 heterocycles. The molecule has 0 saturated heterocycles. The average Bonchev–Trinajstić information content (AvgIpc) is 3.08. The molecule has 1 amide bonds. The second-order valence-corrected chi connectivity index (χ2v) is 6.53. The lowest BCUT2D eigenvalue weighted by Crippen LogP contribution is -2.34. The summed E-state index contributed by atoms with van der Waals surface area (Å²) in [4.78, 5) is 27.5. The molecule has 3 rings (SSSR count). The minimum absolute atomic E-state index is 0.00633. The van der Waals surface area contributed by atoms with Gasteiger partial charge in [0.2, 0.25) is 5.91 Å². The van der Waals surface area contributed by atoms with Crippen LogP contribution in [0.5, 0.6) is 0 Å². The minimum atomic E-state index is 0.00633. The maximum atomic E-state index is 12.1. The van der Waals surface area contributed by atoms with Gasteiger partial charge in [-0.25, -0.2) is 15.0 Å². The number of amides is 1. The van der Waals surface area contributed by atoms with Gasteiger partial charge < -0.3 is 10.3 Å². The molecule has 6 nitrogen and oxygen atoms in total. The van der Waals surface area contributed by atoms with E-state index in [1.807, 2.05) is 25.1 Å². The number of fused-ring (bicyclic) bond motifs is 1. The van der Waals surface area contributed by atoms with Gasteiger partial charge in [-0.05, 0) is 25.3 Å². The Morgan fingerprint density at radius 3 is 2.92 bits per heavy atom. The summed E-state index contributed by atoms with van der Waals surface area (Å²) in [6, 6.07) is 10.4. The zero-order chi connectivity index (χ0) is 16.8. The van der Waals surface area contributed by atoms with Crippen molar-refractivity contribution < 1.29 is 4.79 Å². The van der Waals surface area contributed by atoms with E-state index in [2.05, 4.69) is 37.4 Å². The average molecular weight is 341 g/mol. The summed E-state index contributed by atoms with van der Waals surface area (Å²) in [5, 5.41) is 3.77. The molecule has 24 heavy (non-hydrogen) atoms. The van der Waals surface area contributed by atoms with Crippen molar-refractivity contribution in [1.82, 2.24) is 25.3 Å². The first kappa shape index (κ1) is 16.4. The van der Waals surface area contributed by atoms with Crippen LogP contribution in [-0.4, -0.2) is 37.6 Å². The fourth-order valence-corrected chi connectivity index (χ4v) is 3.17. The number of aromatic nitrogens is 4. The Kier molecular flexibility index (Phi) is 5.43. The van der Waals surface area contributed by atoms with Crippen LogP contribution in [0, 0.1) is 0 Å². The molecule has 0 aliphatic rings. The number of carbonyl (C=O) groups is 1. The molecule has 0 saturated carbocycles. The van der Waals surface area contributed by atoms with Crippen molar-refractivity contribution in [3.63, 3.8) is 0 Å². The molecule has 0 aliphatic carbocycles. The van der Waals surface area contributed by atoms with Crippen molar-refractivity contribution in [3.05, 3.63) is 48.5 Å². The van der Waals surface area contributed by atoms with Gasteiger partial charge in [0.15, 0.2) is 5.65 Å². The maximum Gasteiger partial charge on any atom is 0.230 e. The van der Waals surface area contributed by atoms with Gasteiger partial charge in [0.05, 0.1) is 12.1 Å². The van der Waals surface area contributed by atoms with Crippen LogP contribution in [0.15, 0.2) is 48.0 Å². The highest BCUT2D eigenvalue weighted by molar-refractivity contribution is 8.00. The number of benzene rings is 1. The Bertz CT molecular complexity index is 805. The van der Waals surface area contributed by atoms with E-state index in [4.69, 9.17) is 0 Å². The largest absolute Gasteiger partial charge is 0.353 e. The molecule has 0 spiro atoms. The van der Waals surface area contributed by atoms with E-state index in [1.165, 1.54) is 23.7 Å². The van der Waals surface area contributed by atoms with Gasteiger partial charge in [0.1, 0.15) is 16.9 Å². The van der Waals surface area contributed by atoms with Crippen molar-refractivity contribution in [1.29, 1.82) is 0 Å². The van der Waals surface area contributed by atoms with Crippen LogP contribution >= 0.6 is 11.8 Å². The van der Waals surface area contributed by atoms with Crippen LogP contribution in [0.3, 0.4) is 0 Å². The Morgan fingerprint density at radius 2 is 2.08 bits per heavy atom. The summed E-state index contributed by atoms with van der Waals surface area (Å²) in [5.41, 5.74) is 2.67. The number of nitrogens with zero attached hydrogens (tertiary/aromatic N) is 3. The van der Waals surface area contributed by atoms with Gasteiger partial charge in [-0.2, -0.15) is 0 Å². The summed E-state index contributed by atoms with van der Waals surface area (Å²) >= 11 is 1.38. The van der Waals surface area contributed by atoms with Gasteiger partial charge in [-0.1, -0.05) is 42.1 Å². The third-order valence-electron chi connectivity index (χ3n) is 3.64. The molecule has 1 unspecified atom stereocenters. The zero-order valence-electron chi connectivity index (χ0n) is 13.4. The number of rotatable bonds is 7. The van der Waals surface area contributed by atoms with Crippen LogP contribution in [0.1, 0.15) is 18.9 Å². The van der Waals surface area contributed by atoms with Gasteiger partial charge in [-0.3, -0.25) is 4.79 Å². The Labute approximate surface area is 144 Å². The molecule has 3 aromatic rings. The van der Waals surface area contributed by atoms with E-state index < -0.39 is 0 Å². The standard InChI is InChI=1S/C17H19N5OS/c1-12(7-8-13-5-3-2-4-6-13)22-14(23)9-24-17-15-16(19-10-18-15)20-11-21-17/h2-6,10-12H,7-9H2,1H3,(H,22,23)(H,18,19,20,21). The normalized spacial score (nSPS) is 12.2. The van der Waals surface area contributed by atoms with Crippen molar-refractivity contribution in [2.45, 2.75) is 30.8 Å². The number of nitrogens with one attached hydrogen (secondary N) is 2. The molecule has 7 heteroatoms. The number of hydrogen-bond acceptors (Lipinski definition) is 5. The number of imidazole rings is 1. The fraction of sp³-hybridized carbons (Fsp3) is 0.294. The number of thioether (sulfide) groups is 1. The molecule has 2 N–H and O–H groups in total. The first-order chi connectivity index (χ1) is 11.7. The van der Waals surface area contributed by atoms with Gasteiger partial charge in [-0.15, -0.1) is 0 Å². The lowest BCUT2D eigenvalue weighted by Gasteiger charge is -2.13. The summed E-state index contributed by atoms with van der Waals surface area (Å²) in [6.07, 6.45) is 4.91. The maximum absolute atomic E-state index is 12.1. The molecule has 1 atom stereocenters. The third kappa shape index (κ3) is 4.32. The highest BCUT2D eigenvalue weighted by Gasteiger charge is 2.11. The topological polar surface area (TPSA) is 83.6 Å². The Hall–Kier alpha value is -2.41. The molecule has 0 fully saturated rings. The predicted molar refractivity (Wildman–Crippen MR) is 94.8 cm³/mol. The van der Waals surface area contributed by atoms with Crippen molar-refractivity contribution >= 4 is 28.8 Å². The monoisotopic (exact) mass is 341 g/mol. The number of H-pyrrole nitrogens is 1. The van der Waals surface area contributed by atoms with Crippen LogP contribution in [-0.2, 0) is 11.2 Å². The van der Waals surface area contributed by atoms with Crippen LogP contribution in [0.4, 0.5) is 0 Å². The van der Waals surface area contributed by atoms with Crippen molar-refractivity contribution in [2.24, 2.45) is 0 Å². The van der Waals surface area contributed by atoms with Crippen LogP contribution < -0.4 is 5.32 Å². The highest BCUT2D eigenvalue weighted by Crippen LogP contribution is 2.21. The smallest absolute Gasteiger partial charge is 0.230 e. The van der Waals surface area contributed by atoms with E-state index in [9.17, 15) is 4.79 Å². The second kappa shape index (κ2) is 7.92. The summed E-state index contributed by atoms with van der Waals surface area (Å²) in [6.45, 7) is 2.03. The van der Waals surface area contributed by atoms with Crippen LogP contribution in [0.25, 0.3) is 11.2 Å². The zero-order valence-corrected chi connectivity index (χ0v) is 14.2. The number of aromatic amines is 1. The summed E-state index contributed by atoms with van der Waals surface area (Å²) in [7, 11) is 0. The number of carbonyl (C=O) groups excluding carboxylic acids is 1. The lowest BCUT2D eigenvalue weighted by molar-refractivity contribution is -0.119. The molecule has 0 bridgehead atoms. The molecule has 124 valence electrons. The molecule has 0 aliphatic heterocycles. The highest BCUT2D eigenvalue weighted by atomic mass is 32.2. The fourth-order valence-electron chi connectivity index (χ4n) is 2.40. The molecular weight excluding hydrogens is 322 g/mol. The van der Waals surface area contributed by atoms with Crippen molar-refractivity contribution in [2.75, 3.05) is 5.75 Å². The second-order valence-electron chi connectivity index (χ2n) is 5.56. The lowest BCUT2D eigenvalue weighted by atomic mass is 10.1. The summed E-state index contributed by atoms with van der Waals surface area (Å²) < 4.78 is 0. The quantitative estimate of drug-likeness (QED) is 0.510. The van der Waals surface area contributed by atoms with Gasteiger partial charge in [0.25, 0.3) is 0 Å². The first-order valence-electron chi connectivity index (χ1n) is 7.82. The van der Waals surface area contributed by atoms with E-state index in [0.29, 0.717) is 11.4 Å². The third-order valence-corrected chi connectivity index (χ3v) is 4.63. The van der Waals surface area contributed by atoms with E-state index in [0.717, 1.165) is 23.4 Å². The Morgan fingerprint density at radius 1 is 1.25 bits per heavy atom. The number of hydrogen-bond donors (Lipinski definition) is 2. The first-order valence-corrected chi connectivity index (χ1v) is 8.81. The van der Waals surface area contributed by atoms with E-state index in [-0.39, 0.29) is 11.9 Å². The predicted octanol–water partition coefficient (Wildman–Crippen LogP) is 2.58. The molecular formula is C17H19N5OS.